The lowest BCUT2D eigenvalue weighted by Gasteiger charge is -2.38. The summed E-state index contributed by atoms with van der Waals surface area (Å²) in [6, 6.07) is 0. The number of fused-ring (bicyclic) bond motifs is 1. The zero-order chi connectivity index (χ0) is 21.8. The Hall–Kier alpha value is -0.433. The highest BCUT2D eigenvalue weighted by Gasteiger charge is 2.46. The summed E-state index contributed by atoms with van der Waals surface area (Å²) in [5.41, 5.74) is 0. The van der Waals surface area contributed by atoms with E-state index in [1.54, 1.807) is 0 Å². The van der Waals surface area contributed by atoms with Crippen LogP contribution in [0.2, 0.25) is 18.1 Å². The first-order valence-corrected chi connectivity index (χ1v) is 14.4. The minimum absolute atomic E-state index is 0.0417. The molecule has 2 rings (SSSR count). The van der Waals surface area contributed by atoms with Crippen LogP contribution in [-0.4, -0.2) is 50.9 Å². The summed E-state index contributed by atoms with van der Waals surface area (Å²) in [5.74, 6) is 0.948. The average molecular weight is 429 g/mol. The predicted molar refractivity (Wildman–Crippen MR) is 118 cm³/mol. The van der Waals surface area contributed by atoms with Crippen LogP contribution >= 0.6 is 0 Å². The Morgan fingerprint density at radius 1 is 1.24 bits per heavy atom. The molecule has 0 bridgehead atoms. The van der Waals surface area contributed by atoms with Crippen LogP contribution in [0.1, 0.15) is 73.1 Å². The van der Waals surface area contributed by atoms with Gasteiger partial charge in [-0.3, -0.25) is 4.79 Å². The van der Waals surface area contributed by atoms with Gasteiger partial charge in [-0.2, -0.15) is 0 Å². The third-order valence-corrected chi connectivity index (χ3v) is 11.8. The quantitative estimate of drug-likeness (QED) is 0.439. The summed E-state index contributed by atoms with van der Waals surface area (Å²) < 4.78 is 17.9. The molecule has 0 spiro atoms. The third kappa shape index (κ3) is 7.05. The SMILES string of the molecule is CC(C)OC(=O)CCC[C@H]1CC[C@@H]2[C@@H](CO[Si](C)(C)C(C)(C)C)[C@H](O)C[C@@H]2OC1. The van der Waals surface area contributed by atoms with Crippen LogP contribution in [0.15, 0.2) is 0 Å². The normalized spacial score (nSPS) is 30.9. The second kappa shape index (κ2) is 10.3. The van der Waals surface area contributed by atoms with Crippen LogP contribution in [0.25, 0.3) is 0 Å². The maximum Gasteiger partial charge on any atom is 0.306 e. The van der Waals surface area contributed by atoms with Crippen LogP contribution in [-0.2, 0) is 18.7 Å². The molecular weight excluding hydrogens is 384 g/mol. The van der Waals surface area contributed by atoms with Gasteiger partial charge in [-0.15, -0.1) is 0 Å². The largest absolute Gasteiger partial charge is 0.463 e. The van der Waals surface area contributed by atoms with Gasteiger partial charge in [-0.05, 0) is 69.5 Å². The number of carbonyl (C=O) groups excluding carboxylic acids is 1. The number of carbonyl (C=O) groups is 1. The van der Waals surface area contributed by atoms with E-state index in [0.717, 1.165) is 38.7 Å². The van der Waals surface area contributed by atoms with Crippen molar-refractivity contribution in [1.82, 2.24) is 0 Å². The van der Waals surface area contributed by atoms with Gasteiger partial charge in [-0.25, -0.2) is 0 Å². The van der Waals surface area contributed by atoms with Crippen molar-refractivity contribution < 1.29 is 23.8 Å². The van der Waals surface area contributed by atoms with Gasteiger partial charge in [0.05, 0.1) is 18.3 Å². The molecule has 0 aromatic heterocycles. The molecule has 2 aliphatic rings. The molecule has 5 nitrogen and oxygen atoms in total. The van der Waals surface area contributed by atoms with Crippen molar-refractivity contribution in [2.45, 2.75) is 110 Å². The molecule has 1 saturated heterocycles. The van der Waals surface area contributed by atoms with Gasteiger partial charge in [0.15, 0.2) is 8.32 Å². The van der Waals surface area contributed by atoms with Crippen molar-refractivity contribution in [2.24, 2.45) is 17.8 Å². The average Bonchev–Trinajstić information content (AvgIpc) is 2.74. The zero-order valence-electron chi connectivity index (χ0n) is 19.7. The van der Waals surface area contributed by atoms with Crippen molar-refractivity contribution in [3.63, 3.8) is 0 Å². The Balaban J connectivity index is 1.83. The third-order valence-electron chi connectivity index (χ3n) is 7.25. The molecule has 170 valence electrons. The molecule has 1 N–H and O–H groups in total. The highest BCUT2D eigenvalue weighted by molar-refractivity contribution is 6.74. The predicted octanol–water partition coefficient (Wildman–Crippen LogP) is 4.92. The van der Waals surface area contributed by atoms with Gasteiger partial charge in [0.1, 0.15) is 0 Å². The highest BCUT2D eigenvalue weighted by Crippen LogP contribution is 2.43. The van der Waals surface area contributed by atoms with Crippen LogP contribution < -0.4 is 0 Å². The van der Waals surface area contributed by atoms with E-state index in [-0.39, 0.29) is 35.2 Å². The zero-order valence-corrected chi connectivity index (χ0v) is 20.7. The van der Waals surface area contributed by atoms with Gasteiger partial charge < -0.3 is 19.0 Å². The van der Waals surface area contributed by atoms with E-state index in [1.165, 1.54) is 0 Å². The van der Waals surface area contributed by atoms with Crippen molar-refractivity contribution in [3.8, 4) is 0 Å². The summed E-state index contributed by atoms with van der Waals surface area (Å²) in [6.45, 7) is 16.5. The molecule has 0 aromatic carbocycles. The summed E-state index contributed by atoms with van der Waals surface area (Å²) in [4.78, 5) is 11.7. The summed E-state index contributed by atoms with van der Waals surface area (Å²) in [7, 11) is -1.82. The lowest BCUT2D eigenvalue weighted by molar-refractivity contribution is -0.147. The molecule has 29 heavy (non-hydrogen) atoms. The van der Waals surface area contributed by atoms with Crippen molar-refractivity contribution in [3.05, 3.63) is 0 Å². The summed E-state index contributed by atoms with van der Waals surface area (Å²) in [5, 5.41) is 10.8. The Labute approximate surface area is 179 Å². The van der Waals surface area contributed by atoms with Gasteiger partial charge in [0.25, 0.3) is 0 Å². The van der Waals surface area contributed by atoms with Crippen LogP contribution in [0, 0.1) is 17.8 Å². The number of esters is 1. The van der Waals surface area contributed by atoms with E-state index in [2.05, 4.69) is 33.9 Å². The number of hydrogen-bond acceptors (Lipinski definition) is 5. The number of ether oxygens (including phenoxy) is 2. The minimum atomic E-state index is -1.82. The van der Waals surface area contributed by atoms with Crippen LogP contribution in [0.5, 0.6) is 0 Å². The summed E-state index contributed by atoms with van der Waals surface area (Å²) in [6.07, 6.45) is 5.03. The van der Waals surface area contributed by atoms with Crippen LogP contribution in [0.4, 0.5) is 0 Å². The molecule has 1 aliphatic carbocycles. The smallest absolute Gasteiger partial charge is 0.306 e. The topological polar surface area (TPSA) is 65.0 Å². The fraction of sp³-hybridized carbons (Fsp3) is 0.957. The highest BCUT2D eigenvalue weighted by atomic mass is 28.4. The molecule has 0 amide bonds. The maximum atomic E-state index is 11.7. The van der Waals surface area contributed by atoms with E-state index in [4.69, 9.17) is 13.9 Å². The Bertz CT molecular complexity index is 528. The minimum Gasteiger partial charge on any atom is -0.463 e. The molecule has 1 saturated carbocycles. The molecule has 0 aromatic rings. The Morgan fingerprint density at radius 3 is 2.55 bits per heavy atom. The fourth-order valence-electron chi connectivity index (χ4n) is 4.35. The number of aliphatic hydroxyl groups is 1. The first kappa shape index (κ1) is 24.8. The molecule has 5 atom stereocenters. The number of aliphatic hydroxyl groups excluding tert-OH is 1. The molecule has 0 unspecified atom stereocenters. The van der Waals surface area contributed by atoms with E-state index < -0.39 is 8.32 Å². The van der Waals surface area contributed by atoms with E-state index in [1.807, 2.05) is 13.8 Å². The second-order valence-corrected chi connectivity index (χ2v) is 15.8. The monoisotopic (exact) mass is 428 g/mol. The van der Waals surface area contributed by atoms with Crippen molar-refractivity contribution in [1.29, 1.82) is 0 Å². The fourth-order valence-corrected chi connectivity index (χ4v) is 5.39. The van der Waals surface area contributed by atoms with Gasteiger partial charge in [-0.1, -0.05) is 20.8 Å². The molecule has 0 radical (unpaired) electrons. The lowest BCUT2D eigenvalue weighted by Crippen LogP contribution is -2.43. The molecule has 1 heterocycles. The van der Waals surface area contributed by atoms with E-state index in [9.17, 15) is 9.90 Å². The van der Waals surface area contributed by atoms with Crippen LogP contribution in [0.3, 0.4) is 0 Å². The molecular formula is C23H44O5Si. The number of hydrogen-bond donors (Lipinski definition) is 1. The van der Waals surface area contributed by atoms with Crippen molar-refractivity contribution >= 4 is 14.3 Å². The van der Waals surface area contributed by atoms with Gasteiger partial charge in [0.2, 0.25) is 0 Å². The maximum absolute atomic E-state index is 11.7. The van der Waals surface area contributed by atoms with Crippen molar-refractivity contribution in [2.75, 3.05) is 13.2 Å². The molecule has 2 fully saturated rings. The second-order valence-electron chi connectivity index (χ2n) is 10.9. The summed E-state index contributed by atoms with van der Waals surface area (Å²) >= 11 is 0. The lowest BCUT2D eigenvalue weighted by atomic mass is 9.87. The van der Waals surface area contributed by atoms with E-state index >= 15 is 0 Å². The van der Waals surface area contributed by atoms with E-state index in [0.29, 0.717) is 24.9 Å². The first-order valence-electron chi connectivity index (χ1n) is 11.5. The Morgan fingerprint density at radius 2 is 1.93 bits per heavy atom. The standard InChI is InChI=1S/C23H44O5Si/c1-16(2)28-22(25)10-8-9-17-11-12-18-19(20(24)13-21(18)26-14-17)15-27-29(6,7)23(3,4)5/h16-21,24H,8-15H2,1-7H3/t17-,18+,19+,20+,21-/m0/s1. The first-order chi connectivity index (χ1) is 13.4. The molecule has 6 heteroatoms. The number of rotatable bonds is 8. The van der Waals surface area contributed by atoms with Gasteiger partial charge >= 0.3 is 5.97 Å². The van der Waals surface area contributed by atoms with Gasteiger partial charge in [0, 0.05) is 32.0 Å². The Kier molecular flexibility index (Phi) is 8.78. The molecule has 1 aliphatic heterocycles.